The highest BCUT2D eigenvalue weighted by Gasteiger charge is 1.80. The van der Waals surface area contributed by atoms with E-state index in [1.54, 1.807) is 0 Å². The monoisotopic (exact) mass is 149 g/mol. The lowest BCUT2D eigenvalue weighted by atomic mass is 10.2. The Morgan fingerprint density at radius 3 is 2.64 bits per heavy atom. The molecule has 0 fully saturated rings. The lowest BCUT2D eigenvalue weighted by molar-refractivity contribution is 0.180. The van der Waals surface area contributed by atoms with Gasteiger partial charge in [-0.3, -0.25) is 0 Å². The summed E-state index contributed by atoms with van der Waals surface area (Å²) < 4.78 is 0. The summed E-state index contributed by atoms with van der Waals surface area (Å²) in [4.78, 5) is 0. The van der Waals surface area contributed by atoms with Crippen LogP contribution in [0.2, 0.25) is 0 Å². The van der Waals surface area contributed by atoms with E-state index in [9.17, 15) is 0 Å². The van der Waals surface area contributed by atoms with Gasteiger partial charge in [-0.1, -0.05) is 42.5 Å². The van der Waals surface area contributed by atoms with Gasteiger partial charge in [0.1, 0.15) is 0 Å². The molecule has 2 N–H and O–H groups in total. The van der Waals surface area contributed by atoms with E-state index in [0.29, 0.717) is 6.54 Å². The molecular formula is C9H11NO. The van der Waals surface area contributed by atoms with Crippen LogP contribution < -0.4 is 5.48 Å². The smallest absolute Gasteiger partial charge is 0.0391 e. The van der Waals surface area contributed by atoms with Crippen molar-refractivity contribution in [2.45, 2.75) is 0 Å². The zero-order chi connectivity index (χ0) is 7.94. The highest BCUT2D eigenvalue weighted by Crippen LogP contribution is 1.99. The Bertz CT molecular complexity index is 218. The van der Waals surface area contributed by atoms with E-state index in [2.05, 4.69) is 5.48 Å². The van der Waals surface area contributed by atoms with E-state index < -0.39 is 0 Å². The van der Waals surface area contributed by atoms with Crippen molar-refractivity contribution in [2.24, 2.45) is 0 Å². The molecule has 2 nitrogen and oxygen atoms in total. The van der Waals surface area contributed by atoms with Gasteiger partial charge in [0, 0.05) is 6.54 Å². The van der Waals surface area contributed by atoms with Gasteiger partial charge in [0.05, 0.1) is 0 Å². The molecule has 0 aliphatic rings. The Morgan fingerprint density at radius 2 is 2.00 bits per heavy atom. The molecule has 11 heavy (non-hydrogen) atoms. The fourth-order valence-electron chi connectivity index (χ4n) is 0.812. The zero-order valence-electron chi connectivity index (χ0n) is 6.20. The van der Waals surface area contributed by atoms with Crippen LogP contribution in [0, 0.1) is 0 Å². The van der Waals surface area contributed by atoms with Crippen molar-refractivity contribution in [2.75, 3.05) is 6.54 Å². The van der Waals surface area contributed by atoms with Gasteiger partial charge in [-0.2, -0.15) is 0 Å². The zero-order valence-corrected chi connectivity index (χ0v) is 6.20. The highest BCUT2D eigenvalue weighted by molar-refractivity contribution is 5.48. The van der Waals surface area contributed by atoms with E-state index in [0.717, 1.165) is 5.56 Å². The third kappa shape index (κ3) is 2.98. The molecule has 0 radical (unpaired) electrons. The molecule has 0 saturated heterocycles. The number of rotatable bonds is 3. The van der Waals surface area contributed by atoms with Gasteiger partial charge in [0.15, 0.2) is 0 Å². The molecule has 1 aromatic carbocycles. The predicted octanol–water partition coefficient (Wildman–Crippen LogP) is 1.68. The van der Waals surface area contributed by atoms with Gasteiger partial charge in [0.25, 0.3) is 0 Å². The van der Waals surface area contributed by atoms with Crippen LogP contribution in [0.1, 0.15) is 5.56 Å². The molecule has 0 atom stereocenters. The van der Waals surface area contributed by atoms with E-state index in [4.69, 9.17) is 5.21 Å². The van der Waals surface area contributed by atoms with Crippen molar-refractivity contribution in [1.82, 2.24) is 5.48 Å². The number of hydrogen-bond donors (Lipinski definition) is 2. The summed E-state index contributed by atoms with van der Waals surface area (Å²) in [5.41, 5.74) is 3.19. The summed E-state index contributed by atoms with van der Waals surface area (Å²) in [5, 5.41) is 8.24. The van der Waals surface area contributed by atoms with Crippen molar-refractivity contribution in [3.63, 3.8) is 0 Å². The minimum Gasteiger partial charge on any atom is -0.317 e. The summed E-state index contributed by atoms with van der Waals surface area (Å²) in [5.74, 6) is 0. The molecule has 0 aromatic heterocycles. The van der Waals surface area contributed by atoms with E-state index in [1.165, 1.54) is 0 Å². The lowest BCUT2D eigenvalue weighted by Crippen LogP contribution is -2.04. The fraction of sp³-hybridized carbons (Fsp3) is 0.111. The normalized spacial score (nSPS) is 10.6. The molecule has 58 valence electrons. The molecule has 0 unspecified atom stereocenters. The summed E-state index contributed by atoms with van der Waals surface area (Å²) >= 11 is 0. The molecule has 2 heteroatoms. The number of hydroxylamine groups is 1. The van der Waals surface area contributed by atoms with Gasteiger partial charge < -0.3 is 5.21 Å². The Hall–Kier alpha value is -1.12. The van der Waals surface area contributed by atoms with Crippen LogP contribution in [0.3, 0.4) is 0 Å². The van der Waals surface area contributed by atoms with Crippen LogP contribution >= 0.6 is 0 Å². The highest BCUT2D eigenvalue weighted by atomic mass is 16.5. The number of benzene rings is 1. The maximum absolute atomic E-state index is 8.24. The third-order valence-corrected chi connectivity index (χ3v) is 1.32. The largest absolute Gasteiger partial charge is 0.317 e. The van der Waals surface area contributed by atoms with E-state index in [-0.39, 0.29) is 0 Å². The molecular weight excluding hydrogens is 138 g/mol. The van der Waals surface area contributed by atoms with Crippen LogP contribution in [-0.2, 0) is 0 Å². The molecule has 0 amide bonds. The SMILES string of the molecule is ONCC=Cc1ccccc1. The maximum atomic E-state index is 8.24. The summed E-state index contributed by atoms with van der Waals surface area (Å²) in [6, 6.07) is 9.95. The predicted molar refractivity (Wildman–Crippen MR) is 45.3 cm³/mol. The second-order valence-electron chi connectivity index (χ2n) is 2.18. The first-order valence-corrected chi connectivity index (χ1v) is 3.52. The van der Waals surface area contributed by atoms with Crippen molar-refractivity contribution in [3.8, 4) is 0 Å². The van der Waals surface area contributed by atoms with Crippen LogP contribution in [-0.4, -0.2) is 11.8 Å². The fourth-order valence-corrected chi connectivity index (χ4v) is 0.812. The van der Waals surface area contributed by atoms with Gasteiger partial charge >= 0.3 is 0 Å². The number of nitrogens with one attached hydrogen (secondary N) is 1. The molecule has 1 aromatic rings. The van der Waals surface area contributed by atoms with Crippen LogP contribution in [0.5, 0.6) is 0 Å². The molecule has 0 aliphatic carbocycles. The molecule has 1 rings (SSSR count). The van der Waals surface area contributed by atoms with E-state index >= 15 is 0 Å². The van der Waals surface area contributed by atoms with Crippen LogP contribution in [0.4, 0.5) is 0 Å². The lowest BCUT2D eigenvalue weighted by Gasteiger charge is -1.90. The Kier molecular flexibility index (Phi) is 3.38. The first-order chi connectivity index (χ1) is 5.43. The van der Waals surface area contributed by atoms with Crippen LogP contribution in [0.25, 0.3) is 6.08 Å². The molecule has 0 aliphatic heterocycles. The second-order valence-corrected chi connectivity index (χ2v) is 2.18. The van der Waals surface area contributed by atoms with Crippen molar-refractivity contribution in [3.05, 3.63) is 42.0 Å². The van der Waals surface area contributed by atoms with Gasteiger partial charge in [-0.25, -0.2) is 5.48 Å². The first kappa shape index (κ1) is 7.98. The molecule has 0 bridgehead atoms. The van der Waals surface area contributed by atoms with Crippen LogP contribution in [0.15, 0.2) is 36.4 Å². The topological polar surface area (TPSA) is 32.3 Å². The molecule has 0 spiro atoms. The first-order valence-electron chi connectivity index (χ1n) is 3.52. The number of hydrogen-bond acceptors (Lipinski definition) is 2. The average Bonchev–Trinajstić information content (AvgIpc) is 2.07. The Balaban J connectivity index is 2.50. The standard InChI is InChI=1S/C9H11NO/c11-10-8-4-7-9-5-2-1-3-6-9/h1-7,10-11H,8H2. The summed E-state index contributed by atoms with van der Waals surface area (Å²) in [7, 11) is 0. The maximum Gasteiger partial charge on any atom is 0.0391 e. The Labute approximate surface area is 66.1 Å². The van der Waals surface area contributed by atoms with Crippen molar-refractivity contribution >= 4 is 6.08 Å². The van der Waals surface area contributed by atoms with Crippen molar-refractivity contribution in [1.29, 1.82) is 0 Å². The second kappa shape index (κ2) is 4.66. The minimum absolute atomic E-state index is 0.481. The van der Waals surface area contributed by atoms with Gasteiger partial charge in [0.2, 0.25) is 0 Å². The third-order valence-electron chi connectivity index (χ3n) is 1.32. The minimum atomic E-state index is 0.481. The quantitative estimate of drug-likeness (QED) is 0.641. The molecule has 0 saturated carbocycles. The average molecular weight is 149 g/mol. The van der Waals surface area contributed by atoms with Gasteiger partial charge in [-0.15, -0.1) is 0 Å². The summed E-state index contributed by atoms with van der Waals surface area (Å²) in [6.07, 6.45) is 3.80. The van der Waals surface area contributed by atoms with E-state index in [1.807, 2.05) is 42.5 Å². The molecule has 0 heterocycles. The van der Waals surface area contributed by atoms with Gasteiger partial charge in [-0.05, 0) is 5.56 Å². The Morgan fingerprint density at radius 1 is 1.27 bits per heavy atom. The summed E-state index contributed by atoms with van der Waals surface area (Å²) in [6.45, 7) is 0.481. The van der Waals surface area contributed by atoms with Crippen molar-refractivity contribution < 1.29 is 5.21 Å².